The summed E-state index contributed by atoms with van der Waals surface area (Å²) in [6, 6.07) is 14.8. The van der Waals surface area contributed by atoms with E-state index >= 15 is 0 Å². The second-order valence-corrected chi connectivity index (χ2v) is 9.69. The van der Waals surface area contributed by atoms with Crippen molar-refractivity contribution in [1.29, 1.82) is 0 Å². The van der Waals surface area contributed by atoms with Crippen molar-refractivity contribution in [2.45, 2.75) is 43.4 Å². The fourth-order valence-electron chi connectivity index (χ4n) is 5.20. The van der Waals surface area contributed by atoms with Crippen LogP contribution in [-0.4, -0.2) is 48.8 Å². The van der Waals surface area contributed by atoms with Crippen molar-refractivity contribution in [3.05, 3.63) is 64.4 Å². The van der Waals surface area contributed by atoms with Crippen LogP contribution in [0.1, 0.15) is 37.4 Å². The summed E-state index contributed by atoms with van der Waals surface area (Å²) >= 11 is 3.49. The molecule has 1 spiro atoms. The number of hydrogen-bond acceptors (Lipinski definition) is 4. The number of ether oxygens (including phenoxy) is 1. The van der Waals surface area contributed by atoms with Gasteiger partial charge in [0.15, 0.2) is 0 Å². The number of halogens is 2. The summed E-state index contributed by atoms with van der Waals surface area (Å²) in [5.74, 6) is -0.0720. The third-order valence-electron chi connectivity index (χ3n) is 6.97. The van der Waals surface area contributed by atoms with E-state index in [0.29, 0.717) is 6.67 Å². The maximum absolute atomic E-state index is 13.2. The first-order valence-electron chi connectivity index (χ1n) is 11.0. The van der Waals surface area contributed by atoms with Gasteiger partial charge < -0.3 is 19.9 Å². The Hall–Kier alpha value is -1.96. The van der Waals surface area contributed by atoms with Crippen molar-refractivity contribution < 1.29 is 13.9 Å². The van der Waals surface area contributed by atoms with Crippen LogP contribution in [0.15, 0.2) is 53.0 Å². The Bertz CT molecular complexity index is 929. The van der Waals surface area contributed by atoms with Crippen molar-refractivity contribution in [2.24, 2.45) is 0 Å². The highest BCUT2D eigenvalue weighted by atomic mass is 79.9. The lowest BCUT2D eigenvalue weighted by molar-refractivity contribution is -0.125. The van der Waals surface area contributed by atoms with Gasteiger partial charge in [-0.1, -0.05) is 28.1 Å². The monoisotopic (exact) mass is 487 g/mol. The first kappa shape index (κ1) is 20.9. The van der Waals surface area contributed by atoms with Crippen molar-refractivity contribution >= 4 is 27.5 Å². The van der Waals surface area contributed by atoms with Crippen LogP contribution < -0.4 is 10.2 Å². The normalized spacial score (nSPS) is 25.9. The van der Waals surface area contributed by atoms with Crippen LogP contribution in [0, 0.1) is 5.82 Å². The molecule has 164 valence electrons. The number of benzene rings is 2. The summed E-state index contributed by atoms with van der Waals surface area (Å²) < 4.78 is 20.5. The average molecular weight is 488 g/mol. The molecular formula is C24H27BrFN3O2. The molecular weight excluding hydrogens is 461 g/mol. The van der Waals surface area contributed by atoms with Gasteiger partial charge in [0.05, 0.1) is 18.9 Å². The van der Waals surface area contributed by atoms with Gasteiger partial charge in [-0.05, 0) is 67.6 Å². The van der Waals surface area contributed by atoms with E-state index in [1.54, 1.807) is 0 Å². The molecule has 3 aliphatic heterocycles. The Morgan fingerprint density at radius 1 is 1.06 bits per heavy atom. The van der Waals surface area contributed by atoms with E-state index < -0.39 is 5.54 Å². The predicted molar refractivity (Wildman–Crippen MR) is 121 cm³/mol. The van der Waals surface area contributed by atoms with Crippen molar-refractivity contribution in [1.82, 2.24) is 10.2 Å². The number of likely N-dealkylation sites (tertiary alicyclic amines) is 1. The van der Waals surface area contributed by atoms with Gasteiger partial charge in [0.25, 0.3) is 0 Å². The lowest BCUT2D eigenvalue weighted by Gasteiger charge is -2.43. The standard InChI is InChI=1S/C24H27BrFN3O2/c25-18-3-7-20(8-4-18)29-16-27-23(30)24(29)11-13-28(14-12-24)15-21-9-10-22(31-21)17-1-5-19(26)6-2-17/h1-8,21-22H,9-16H2,(H,27,30). The smallest absolute Gasteiger partial charge is 0.247 e. The van der Waals surface area contributed by atoms with Gasteiger partial charge in [-0.3, -0.25) is 4.79 Å². The molecule has 0 radical (unpaired) electrons. The first-order valence-corrected chi connectivity index (χ1v) is 11.8. The number of hydrogen-bond donors (Lipinski definition) is 1. The number of amides is 1. The molecule has 3 saturated heterocycles. The van der Waals surface area contributed by atoms with Crippen molar-refractivity contribution in [3.63, 3.8) is 0 Å². The van der Waals surface area contributed by atoms with Gasteiger partial charge in [-0.15, -0.1) is 0 Å². The molecule has 31 heavy (non-hydrogen) atoms. The zero-order valence-electron chi connectivity index (χ0n) is 17.4. The van der Waals surface area contributed by atoms with Crippen molar-refractivity contribution in [3.8, 4) is 0 Å². The Labute approximate surface area is 190 Å². The lowest BCUT2D eigenvalue weighted by atomic mass is 9.85. The third-order valence-corrected chi connectivity index (χ3v) is 7.50. The van der Waals surface area contributed by atoms with Gasteiger partial charge in [0.2, 0.25) is 5.91 Å². The minimum absolute atomic E-state index is 0.0511. The second-order valence-electron chi connectivity index (χ2n) is 8.78. The highest BCUT2D eigenvalue weighted by molar-refractivity contribution is 9.10. The molecule has 2 aromatic carbocycles. The molecule has 1 amide bonds. The summed E-state index contributed by atoms with van der Waals surface area (Å²) in [5, 5.41) is 3.06. The van der Waals surface area contributed by atoms with Gasteiger partial charge in [-0.2, -0.15) is 0 Å². The van der Waals surface area contributed by atoms with Crippen molar-refractivity contribution in [2.75, 3.05) is 31.2 Å². The van der Waals surface area contributed by atoms with E-state index in [0.717, 1.165) is 61.0 Å². The molecule has 1 N–H and O–H groups in total. The number of nitrogens with one attached hydrogen (secondary N) is 1. The zero-order chi connectivity index (χ0) is 21.4. The van der Waals surface area contributed by atoms with Crippen LogP contribution in [0.4, 0.5) is 10.1 Å². The molecule has 3 heterocycles. The predicted octanol–water partition coefficient (Wildman–Crippen LogP) is 4.24. The molecule has 2 aromatic rings. The molecule has 3 fully saturated rings. The fraction of sp³-hybridized carbons (Fsp3) is 0.458. The second kappa shape index (κ2) is 8.52. The van der Waals surface area contributed by atoms with Crippen LogP contribution in [0.5, 0.6) is 0 Å². The molecule has 7 heteroatoms. The molecule has 0 aromatic heterocycles. The molecule has 2 atom stereocenters. The summed E-state index contributed by atoms with van der Waals surface area (Å²) in [6.45, 7) is 3.20. The van der Waals surface area contributed by atoms with E-state index in [9.17, 15) is 9.18 Å². The van der Waals surface area contributed by atoms with Crippen LogP contribution in [0.2, 0.25) is 0 Å². The summed E-state index contributed by atoms with van der Waals surface area (Å²) in [6.07, 6.45) is 3.83. The number of anilines is 1. The molecule has 5 rings (SSSR count). The Kier molecular flexibility index (Phi) is 5.75. The highest BCUT2D eigenvalue weighted by Gasteiger charge is 2.50. The highest BCUT2D eigenvalue weighted by Crippen LogP contribution is 2.38. The number of piperidine rings is 1. The maximum atomic E-state index is 13.2. The number of nitrogens with zero attached hydrogens (tertiary/aromatic N) is 2. The van der Waals surface area contributed by atoms with Crippen LogP contribution in [0.25, 0.3) is 0 Å². The first-order chi connectivity index (χ1) is 15.0. The number of rotatable bonds is 4. The average Bonchev–Trinajstić information content (AvgIpc) is 3.36. The SMILES string of the molecule is O=C1NCN(c2ccc(Br)cc2)C12CCN(CC1CCC(c3ccc(F)cc3)O1)CC2. The number of carbonyl (C=O) groups excluding carboxylic acids is 1. The quantitative estimate of drug-likeness (QED) is 0.700. The topological polar surface area (TPSA) is 44.8 Å². The summed E-state index contributed by atoms with van der Waals surface area (Å²) in [7, 11) is 0. The lowest BCUT2D eigenvalue weighted by Crippen LogP contribution is -2.57. The van der Waals surface area contributed by atoms with Gasteiger partial charge in [0, 0.05) is 29.8 Å². The molecule has 0 bridgehead atoms. The van der Waals surface area contributed by atoms with Crippen LogP contribution in [0.3, 0.4) is 0 Å². The number of carbonyl (C=O) groups is 1. The van der Waals surface area contributed by atoms with Crippen LogP contribution >= 0.6 is 15.9 Å². The molecule has 0 aliphatic carbocycles. The maximum Gasteiger partial charge on any atom is 0.247 e. The Balaban J connectivity index is 1.19. The molecule has 2 unspecified atom stereocenters. The van der Waals surface area contributed by atoms with E-state index in [1.165, 1.54) is 12.1 Å². The third kappa shape index (κ3) is 4.11. The van der Waals surface area contributed by atoms with Crippen LogP contribution in [-0.2, 0) is 9.53 Å². The Morgan fingerprint density at radius 2 is 1.77 bits per heavy atom. The minimum Gasteiger partial charge on any atom is -0.369 e. The minimum atomic E-state index is -0.461. The fourth-order valence-corrected chi connectivity index (χ4v) is 5.47. The van der Waals surface area contributed by atoms with Gasteiger partial charge >= 0.3 is 0 Å². The zero-order valence-corrected chi connectivity index (χ0v) is 19.0. The largest absolute Gasteiger partial charge is 0.369 e. The van der Waals surface area contributed by atoms with E-state index in [2.05, 4.69) is 43.2 Å². The van der Waals surface area contributed by atoms with E-state index in [4.69, 9.17) is 4.74 Å². The van der Waals surface area contributed by atoms with E-state index in [1.807, 2.05) is 24.3 Å². The molecule has 0 saturated carbocycles. The summed E-state index contributed by atoms with van der Waals surface area (Å²) in [5.41, 5.74) is 1.67. The van der Waals surface area contributed by atoms with Gasteiger partial charge in [-0.25, -0.2) is 4.39 Å². The Morgan fingerprint density at radius 3 is 2.48 bits per heavy atom. The summed E-state index contributed by atoms with van der Waals surface area (Å²) in [4.78, 5) is 17.5. The molecule has 3 aliphatic rings. The van der Waals surface area contributed by atoms with E-state index in [-0.39, 0.29) is 23.9 Å². The molecule has 5 nitrogen and oxygen atoms in total. The van der Waals surface area contributed by atoms with Gasteiger partial charge in [0.1, 0.15) is 11.4 Å².